The number of hydrogen-bond donors (Lipinski definition) is 0. The fourth-order valence-corrected chi connectivity index (χ4v) is 6.74. The number of unbranched alkanes of at least 4 members (excludes halogenated alkanes) is 2. The first kappa shape index (κ1) is 44.3. The third-order valence-corrected chi connectivity index (χ3v) is 9.89. The Morgan fingerprint density at radius 1 is 0.581 bits per heavy atom. The standard InChI is InChI=1S/C48H44N2O12/c1-3-43(51)57-19-7-5-17-55-39-15-13-33-21-31(9-11-35(33)25-39)23-37(27-49)47(53)61-41-29-59-46-42(30-60-45(41)46)62-48(54)38(28-50)24-32-10-12-36-26-40(16-14-34(36)22-32)56-18-6-8-20-58-44(52)4-2/h3-4,9-16,21-26,41-42,45-46H,1-2,5-8,17-20,29-30H2/b37-23+,38-24+/t41-,42+,45-,46-/m1/s1. The number of ether oxygens (including phenoxy) is 8. The summed E-state index contributed by atoms with van der Waals surface area (Å²) >= 11 is 0. The highest BCUT2D eigenvalue weighted by molar-refractivity contribution is 6.00. The molecule has 0 radical (unpaired) electrons. The summed E-state index contributed by atoms with van der Waals surface area (Å²) in [7, 11) is 0. The van der Waals surface area contributed by atoms with E-state index in [0.29, 0.717) is 74.7 Å². The maximum atomic E-state index is 13.2. The molecule has 2 aliphatic heterocycles. The molecule has 0 saturated carbocycles. The van der Waals surface area contributed by atoms with Crippen LogP contribution in [0.4, 0.5) is 0 Å². The van der Waals surface area contributed by atoms with Crippen LogP contribution >= 0.6 is 0 Å². The second-order valence-corrected chi connectivity index (χ2v) is 14.2. The van der Waals surface area contributed by atoms with E-state index in [9.17, 15) is 29.7 Å². The number of esters is 4. The molecule has 6 rings (SSSR count). The first-order valence-electron chi connectivity index (χ1n) is 20.0. The van der Waals surface area contributed by atoms with Gasteiger partial charge in [0.25, 0.3) is 0 Å². The quantitative estimate of drug-likeness (QED) is 0.0294. The van der Waals surface area contributed by atoms with Crippen molar-refractivity contribution in [1.29, 1.82) is 10.5 Å². The van der Waals surface area contributed by atoms with Crippen LogP contribution in [-0.2, 0) is 47.6 Å². The lowest BCUT2D eigenvalue weighted by Gasteiger charge is -2.17. The molecule has 0 N–H and O–H groups in total. The van der Waals surface area contributed by atoms with Crippen LogP contribution in [0, 0.1) is 22.7 Å². The molecule has 14 heteroatoms. The average molecular weight is 841 g/mol. The molecule has 14 nitrogen and oxygen atoms in total. The van der Waals surface area contributed by atoms with Crippen LogP contribution in [-0.4, -0.2) is 87.9 Å². The van der Waals surface area contributed by atoms with Crippen molar-refractivity contribution in [2.45, 2.75) is 50.1 Å². The molecule has 0 spiro atoms. The van der Waals surface area contributed by atoms with E-state index in [1.165, 1.54) is 12.2 Å². The third-order valence-electron chi connectivity index (χ3n) is 9.89. The maximum Gasteiger partial charge on any atom is 0.349 e. The predicted molar refractivity (Wildman–Crippen MR) is 226 cm³/mol. The van der Waals surface area contributed by atoms with Crippen LogP contribution in [0.25, 0.3) is 33.7 Å². The number of nitrogens with zero attached hydrogens (tertiary/aromatic N) is 2. The van der Waals surface area contributed by atoms with Crippen LogP contribution in [0.1, 0.15) is 36.8 Å². The molecular weight excluding hydrogens is 797 g/mol. The molecule has 0 unspecified atom stereocenters. The van der Waals surface area contributed by atoms with E-state index in [1.54, 1.807) is 12.1 Å². The Bertz CT molecular complexity index is 2310. The van der Waals surface area contributed by atoms with Gasteiger partial charge in [0.15, 0.2) is 12.2 Å². The molecule has 0 aromatic heterocycles. The van der Waals surface area contributed by atoms with Crippen molar-refractivity contribution in [2.75, 3.05) is 39.6 Å². The summed E-state index contributed by atoms with van der Waals surface area (Å²) in [4.78, 5) is 48.6. The number of hydrogen-bond acceptors (Lipinski definition) is 14. The molecule has 4 aromatic carbocycles. The zero-order chi connectivity index (χ0) is 43.8. The Hall–Kier alpha value is -7.26. The minimum absolute atomic E-state index is 0.0466. The van der Waals surface area contributed by atoms with Crippen molar-refractivity contribution in [3.05, 3.63) is 120 Å². The van der Waals surface area contributed by atoms with E-state index in [0.717, 1.165) is 33.7 Å². The summed E-state index contributed by atoms with van der Waals surface area (Å²) in [5, 5.41) is 23.2. The van der Waals surface area contributed by atoms with Crippen molar-refractivity contribution in [3.8, 4) is 23.6 Å². The largest absolute Gasteiger partial charge is 0.494 e. The lowest BCUT2D eigenvalue weighted by atomic mass is 10.0. The molecular formula is C48H44N2O12. The SMILES string of the molecule is C=CC(=O)OCCCCOc1ccc2cc(/C=C(\C#N)C(=O)O[C@H]3CO[C@H]4[C@@H]3OC[C@H]4OC(=O)/C(C#N)=C/c3ccc4cc(OCCCCOC(=O)C=C)ccc4c3)ccc2c1. The van der Waals surface area contributed by atoms with Gasteiger partial charge in [0, 0.05) is 12.2 Å². The van der Waals surface area contributed by atoms with Crippen LogP contribution in [0.2, 0.25) is 0 Å². The summed E-state index contributed by atoms with van der Waals surface area (Å²) in [6.07, 6.45) is 4.60. The van der Waals surface area contributed by atoms with Crippen molar-refractivity contribution in [3.63, 3.8) is 0 Å². The monoisotopic (exact) mass is 840 g/mol. The molecule has 2 fully saturated rings. The van der Waals surface area contributed by atoms with Crippen LogP contribution in [0.5, 0.6) is 11.5 Å². The fourth-order valence-electron chi connectivity index (χ4n) is 6.74. The minimum atomic E-state index is -0.867. The second-order valence-electron chi connectivity index (χ2n) is 14.2. The molecule has 2 heterocycles. The van der Waals surface area contributed by atoms with Crippen LogP contribution in [0.15, 0.2) is 109 Å². The van der Waals surface area contributed by atoms with Crippen molar-refractivity contribution < 1.29 is 57.1 Å². The first-order chi connectivity index (χ1) is 30.2. The second kappa shape index (κ2) is 21.8. The lowest BCUT2D eigenvalue weighted by molar-refractivity contribution is -0.150. The van der Waals surface area contributed by atoms with E-state index in [-0.39, 0.29) is 24.4 Å². The number of nitriles is 2. The molecule has 318 valence electrons. The third kappa shape index (κ3) is 11.9. The summed E-state index contributed by atoms with van der Waals surface area (Å²) in [6.45, 7) is 8.13. The molecule has 2 saturated heterocycles. The van der Waals surface area contributed by atoms with Gasteiger partial charge in [-0.05, 0) is 107 Å². The Morgan fingerprint density at radius 2 is 0.968 bits per heavy atom. The smallest absolute Gasteiger partial charge is 0.349 e. The highest BCUT2D eigenvalue weighted by Crippen LogP contribution is 2.32. The summed E-state index contributed by atoms with van der Waals surface area (Å²) in [5.41, 5.74) is 0.766. The minimum Gasteiger partial charge on any atom is -0.494 e. The molecule has 4 atom stereocenters. The fraction of sp³-hybridized carbons (Fsp3) is 0.292. The Balaban J connectivity index is 0.983. The normalized spacial score (nSPS) is 18.2. The summed E-state index contributed by atoms with van der Waals surface area (Å²) in [6, 6.07) is 25.9. The van der Waals surface area contributed by atoms with Crippen molar-refractivity contribution in [1.82, 2.24) is 0 Å². The molecule has 2 aliphatic rings. The highest BCUT2D eigenvalue weighted by Gasteiger charge is 2.51. The van der Waals surface area contributed by atoms with E-state index in [2.05, 4.69) is 13.2 Å². The number of rotatable bonds is 20. The Kier molecular flexibility index (Phi) is 15.6. The molecule has 0 bridgehead atoms. The zero-order valence-electron chi connectivity index (χ0n) is 33.8. The van der Waals surface area contributed by atoms with E-state index in [1.807, 2.05) is 72.8 Å². The predicted octanol–water partition coefficient (Wildman–Crippen LogP) is 6.90. The molecule has 0 amide bonds. The van der Waals surface area contributed by atoms with E-state index in [4.69, 9.17) is 37.9 Å². The number of benzene rings is 4. The first-order valence-corrected chi connectivity index (χ1v) is 20.0. The highest BCUT2D eigenvalue weighted by atomic mass is 16.7. The Labute approximate surface area is 358 Å². The van der Waals surface area contributed by atoms with Crippen molar-refractivity contribution >= 4 is 57.6 Å². The maximum absolute atomic E-state index is 13.2. The van der Waals surface area contributed by atoms with Gasteiger partial charge in [-0.1, -0.05) is 49.6 Å². The Morgan fingerprint density at radius 3 is 1.37 bits per heavy atom. The number of carbonyl (C=O) groups is 4. The van der Waals surface area contributed by atoms with Gasteiger partial charge in [0.05, 0.1) is 39.6 Å². The summed E-state index contributed by atoms with van der Waals surface area (Å²) < 4.78 is 44.6. The van der Waals surface area contributed by atoms with Gasteiger partial charge in [-0.25, -0.2) is 19.2 Å². The van der Waals surface area contributed by atoms with E-state index < -0.39 is 48.3 Å². The van der Waals surface area contributed by atoms with Gasteiger partial charge in [0.2, 0.25) is 0 Å². The lowest BCUT2D eigenvalue weighted by Crippen LogP contribution is -2.36. The van der Waals surface area contributed by atoms with Crippen LogP contribution < -0.4 is 9.47 Å². The average Bonchev–Trinajstić information content (AvgIpc) is 3.88. The number of fused-ring (bicyclic) bond motifs is 3. The van der Waals surface area contributed by atoms with Gasteiger partial charge in [-0.15, -0.1) is 0 Å². The van der Waals surface area contributed by atoms with E-state index >= 15 is 0 Å². The van der Waals surface area contributed by atoms with Gasteiger partial charge < -0.3 is 37.9 Å². The molecule has 4 aromatic rings. The van der Waals surface area contributed by atoms with Crippen molar-refractivity contribution in [2.24, 2.45) is 0 Å². The summed E-state index contributed by atoms with van der Waals surface area (Å²) in [5.74, 6) is -1.27. The zero-order valence-corrected chi connectivity index (χ0v) is 33.8. The molecule has 0 aliphatic carbocycles. The van der Waals surface area contributed by atoms with Gasteiger partial charge in [-0.3, -0.25) is 0 Å². The molecule has 62 heavy (non-hydrogen) atoms. The van der Waals surface area contributed by atoms with Gasteiger partial charge >= 0.3 is 23.9 Å². The van der Waals surface area contributed by atoms with Gasteiger partial charge in [-0.2, -0.15) is 10.5 Å². The topological polar surface area (TPSA) is 190 Å². The van der Waals surface area contributed by atoms with Gasteiger partial charge in [0.1, 0.15) is 47.0 Å². The number of carbonyl (C=O) groups excluding carboxylic acids is 4. The van der Waals surface area contributed by atoms with Crippen LogP contribution in [0.3, 0.4) is 0 Å².